The summed E-state index contributed by atoms with van der Waals surface area (Å²) in [7, 11) is 1.62. The van der Waals surface area contributed by atoms with Crippen LogP contribution in [0.4, 0.5) is 0 Å². The second-order valence-corrected chi connectivity index (χ2v) is 5.21. The number of aryl methyl sites for hydroxylation is 1. The first-order valence-electron chi connectivity index (χ1n) is 7.69. The average Bonchev–Trinajstić information content (AvgIpc) is 2.99. The highest BCUT2D eigenvalue weighted by Crippen LogP contribution is 2.24. The maximum Gasteiger partial charge on any atom is 0.261 e. The summed E-state index contributed by atoms with van der Waals surface area (Å²) in [6.07, 6.45) is 5.10. The van der Waals surface area contributed by atoms with Crippen molar-refractivity contribution in [3.8, 4) is 6.07 Å². The van der Waals surface area contributed by atoms with Crippen LogP contribution < -0.4 is 5.32 Å². The van der Waals surface area contributed by atoms with Gasteiger partial charge in [-0.05, 0) is 24.5 Å². The van der Waals surface area contributed by atoms with Crippen LogP contribution >= 0.6 is 0 Å². The quantitative estimate of drug-likeness (QED) is 0.469. The summed E-state index contributed by atoms with van der Waals surface area (Å²) in [6.45, 7) is 3.16. The molecule has 0 bridgehead atoms. The third kappa shape index (κ3) is 3.99. The number of rotatable bonds is 7. The highest BCUT2D eigenvalue weighted by molar-refractivity contribution is 6.04. The molecule has 0 saturated heterocycles. The smallest absolute Gasteiger partial charge is 0.261 e. The number of fused-ring (bicyclic) bond motifs is 1. The van der Waals surface area contributed by atoms with E-state index in [0.717, 1.165) is 22.9 Å². The second kappa shape index (κ2) is 8.16. The molecule has 2 N–H and O–H groups in total. The van der Waals surface area contributed by atoms with Crippen molar-refractivity contribution >= 4 is 22.9 Å². The topological polar surface area (TPSA) is 77.9 Å². The van der Waals surface area contributed by atoms with Gasteiger partial charge in [0.25, 0.3) is 5.91 Å². The number of para-hydroxylation sites is 1. The molecule has 2 rings (SSSR count). The Morgan fingerprint density at radius 2 is 2.30 bits per heavy atom. The van der Waals surface area contributed by atoms with Crippen molar-refractivity contribution < 1.29 is 9.53 Å². The SMILES string of the molecule is CCc1cccc2c(C=C(C#N)C(=O)NCCCOC)c[nH]c12. The summed E-state index contributed by atoms with van der Waals surface area (Å²) in [5.41, 5.74) is 3.22. The normalized spacial score (nSPS) is 11.4. The van der Waals surface area contributed by atoms with Gasteiger partial charge in [-0.15, -0.1) is 0 Å². The number of nitrogens with one attached hydrogen (secondary N) is 2. The lowest BCUT2D eigenvalue weighted by molar-refractivity contribution is -0.117. The number of methoxy groups -OCH3 is 1. The molecule has 0 atom stereocenters. The second-order valence-electron chi connectivity index (χ2n) is 5.21. The summed E-state index contributed by atoms with van der Waals surface area (Å²) in [5.74, 6) is -0.357. The van der Waals surface area contributed by atoms with Gasteiger partial charge in [0.05, 0.1) is 0 Å². The Morgan fingerprint density at radius 1 is 1.48 bits per heavy atom. The van der Waals surface area contributed by atoms with Crippen LogP contribution in [0.1, 0.15) is 24.5 Å². The van der Waals surface area contributed by atoms with Gasteiger partial charge in [0, 0.05) is 42.9 Å². The van der Waals surface area contributed by atoms with Crippen LogP contribution in [0.3, 0.4) is 0 Å². The van der Waals surface area contributed by atoms with E-state index in [9.17, 15) is 10.1 Å². The minimum Gasteiger partial charge on any atom is -0.385 e. The summed E-state index contributed by atoms with van der Waals surface area (Å²) < 4.78 is 4.93. The number of amides is 1. The van der Waals surface area contributed by atoms with E-state index in [1.165, 1.54) is 5.56 Å². The zero-order valence-corrected chi connectivity index (χ0v) is 13.5. The third-order valence-corrected chi connectivity index (χ3v) is 3.69. The van der Waals surface area contributed by atoms with Gasteiger partial charge in [-0.1, -0.05) is 25.1 Å². The number of ether oxygens (including phenoxy) is 1. The van der Waals surface area contributed by atoms with Crippen LogP contribution in [0.15, 0.2) is 30.0 Å². The Kier molecular flexibility index (Phi) is 5.95. The van der Waals surface area contributed by atoms with E-state index < -0.39 is 0 Å². The highest BCUT2D eigenvalue weighted by atomic mass is 16.5. The molecule has 0 spiro atoms. The predicted molar refractivity (Wildman–Crippen MR) is 90.8 cm³/mol. The average molecular weight is 311 g/mol. The molecule has 0 aliphatic rings. The number of carbonyl (C=O) groups is 1. The molecule has 1 amide bonds. The lowest BCUT2D eigenvalue weighted by Crippen LogP contribution is -2.26. The molecule has 120 valence electrons. The van der Waals surface area contributed by atoms with Crippen molar-refractivity contribution in [3.05, 3.63) is 41.1 Å². The Bertz CT molecular complexity index is 753. The van der Waals surface area contributed by atoms with Crippen LogP contribution in [0.5, 0.6) is 0 Å². The van der Waals surface area contributed by atoms with Crippen LogP contribution in [0.2, 0.25) is 0 Å². The molecule has 0 unspecified atom stereocenters. The monoisotopic (exact) mass is 311 g/mol. The van der Waals surface area contributed by atoms with Crippen molar-refractivity contribution in [2.45, 2.75) is 19.8 Å². The molecule has 1 aromatic heterocycles. The number of aromatic nitrogens is 1. The molecule has 0 saturated carbocycles. The fraction of sp³-hybridized carbons (Fsp3) is 0.333. The van der Waals surface area contributed by atoms with Crippen molar-refractivity contribution in [1.82, 2.24) is 10.3 Å². The maximum absolute atomic E-state index is 12.1. The molecular weight excluding hydrogens is 290 g/mol. The number of aromatic amines is 1. The number of hydrogen-bond acceptors (Lipinski definition) is 3. The standard InChI is InChI=1S/C18H21N3O2/c1-3-13-6-4-7-16-15(12-21-17(13)16)10-14(11-19)18(22)20-8-5-9-23-2/h4,6-7,10,12,21H,3,5,8-9H2,1-2H3,(H,20,22). The molecule has 1 heterocycles. The van der Waals surface area contributed by atoms with E-state index in [1.807, 2.05) is 24.4 Å². The van der Waals surface area contributed by atoms with Crippen LogP contribution in [-0.2, 0) is 16.0 Å². The van der Waals surface area contributed by atoms with Crippen molar-refractivity contribution in [1.29, 1.82) is 5.26 Å². The Hall–Kier alpha value is -2.58. The summed E-state index contributed by atoms with van der Waals surface area (Å²) in [6, 6.07) is 8.03. The van der Waals surface area contributed by atoms with Crippen molar-refractivity contribution in [2.75, 3.05) is 20.3 Å². The third-order valence-electron chi connectivity index (χ3n) is 3.69. The van der Waals surface area contributed by atoms with E-state index in [0.29, 0.717) is 19.6 Å². The minimum atomic E-state index is -0.357. The van der Waals surface area contributed by atoms with E-state index in [-0.39, 0.29) is 11.5 Å². The number of benzene rings is 1. The van der Waals surface area contributed by atoms with Crippen LogP contribution in [0, 0.1) is 11.3 Å². The molecule has 0 fully saturated rings. The van der Waals surface area contributed by atoms with Crippen molar-refractivity contribution in [3.63, 3.8) is 0 Å². The predicted octanol–water partition coefficient (Wildman–Crippen LogP) is 2.79. The maximum atomic E-state index is 12.1. The van der Waals surface area contributed by atoms with E-state index in [1.54, 1.807) is 13.2 Å². The van der Waals surface area contributed by atoms with Gasteiger partial charge < -0.3 is 15.0 Å². The molecular formula is C18H21N3O2. The van der Waals surface area contributed by atoms with E-state index in [4.69, 9.17) is 4.74 Å². The number of hydrogen-bond donors (Lipinski definition) is 2. The Morgan fingerprint density at radius 3 is 3.00 bits per heavy atom. The summed E-state index contributed by atoms with van der Waals surface area (Å²) in [4.78, 5) is 15.3. The molecule has 5 nitrogen and oxygen atoms in total. The molecule has 0 aliphatic heterocycles. The number of carbonyl (C=O) groups excluding carboxylic acids is 1. The first-order chi connectivity index (χ1) is 11.2. The summed E-state index contributed by atoms with van der Waals surface area (Å²) >= 11 is 0. The number of nitriles is 1. The van der Waals surface area contributed by atoms with Gasteiger partial charge >= 0.3 is 0 Å². The molecule has 0 radical (unpaired) electrons. The van der Waals surface area contributed by atoms with Crippen molar-refractivity contribution in [2.24, 2.45) is 0 Å². The lowest BCUT2D eigenvalue weighted by Gasteiger charge is -2.03. The lowest BCUT2D eigenvalue weighted by atomic mass is 10.1. The number of nitrogens with zero attached hydrogens (tertiary/aromatic N) is 1. The molecule has 23 heavy (non-hydrogen) atoms. The van der Waals surface area contributed by atoms with Gasteiger partial charge in [0.2, 0.25) is 0 Å². The summed E-state index contributed by atoms with van der Waals surface area (Å²) in [5, 5.41) is 13.0. The fourth-order valence-corrected chi connectivity index (χ4v) is 2.47. The molecule has 5 heteroatoms. The van der Waals surface area contributed by atoms with Crippen LogP contribution in [-0.4, -0.2) is 31.2 Å². The number of H-pyrrole nitrogens is 1. The fourth-order valence-electron chi connectivity index (χ4n) is 2.47. The van der Waals surface area contributed by atoms with Gasteiger partial charge in [0.15, 0.2) is 0 Å². The zero-order chi connectivity index (χ0) is 16.7. The van der Waals surface area contributed by atoms with Crippen LogP contribution in [0.25, 0.3) is 17.0 Å². The largest absolute Gasteiger partial charge is 0.385 e. The van der Waals surface area contributed by atoms with Gasteiger partial charge in [-0.3, -0.25) is 4.79 Å². The first-order valence-corrected chi connectivity index (χ1v) is 7.69. The zero-order valence-electron chi connectivity index (χ0n) is 13.5. The molecule has 0 aliphatic carbocycles. The van der Waals surface area contributed by atoms with Gasteiger partial charge in [-0.25, -0.2) is 0 Å². The first kappa shape index (κ1) is 16.8. The van der Waals surface area contributed by atoms with E-state index in [2.05, 4.69) is 23.3 Å². The minimum absolute atomic E-state index is 0.102. The molecule has 1 aromatic carbocycles. The van der Waals surface area contributed by atoms with E-state index >= 15 is 0 Å². The Labute approximate surface area is 135 Å². The van der Waals surface area contributed by atoms with Gasteiger partial charge in [-0.2, -0.15) is 5.26 Å². The highest BCUT2D eigenvalue weighted by Gasteiger charge is 2.11. The molecule has 2 aromatic rings. The van der Waals surface area contributed by atoms with Gasteiger partial charge in [0.1, 0.15) is 11.6 Å². The Balaban J connectivity index is 2.22.